The van der Waals surface area contributed by atoms with Crippen LogP contribution in [0.3, 0.4) is 0 Å². The Labute approximate surface area is 317 Å². The highest BCUT2D eigenvalue weighted by Crippen LogP contribution is 2.36. The van der Waals surface area contributed by atoms with Crippen molar-refractivity contribution in [3.05, 3.63) is 132 Å². The molecule has 3 aromatic carbocycles. The Morgan fingerprint density at radius 1 is 0.660 bits per heavy atom. The molecular formula is C45H52O7S. The molecule has 0 bridgehead atoms. The first-order valence-corrected chi connectivity index (χ1v) is 19.0. The molecule has 5 aromatic rings. The van der Waals surface area contributed by atoms with Crippen molar-refractivity contribution in [3.8, 4) is 33.8 Å². The van der Waals surface area contributed by atoms with Gasteiger partial charge in [0.2, 0.25) is 0 Å². The average Bonchev–Trinajstić information content (AvgIpc) is 3.03. The van der Waals surface area contributed by atoms with E-state index in [1.165, 1.54) is 10.5 Å². The normalized spacial score (nSPS) is 11.2. The van der Waals surface area contributed by atoms with Crippen molar-refractivity contribution in [1.29, 1.82) is 0 Å². The zero-order valence-corrected chi connectivity index (χ0v) is 33.7. The molecule has 0 saturated carbocycles. The minimum atomic E-state index is -0.671. The van der Waals surface area contributed by atoms with E-state index in [0.29, 0.717) is 29.9 Å². The number of hydrogen-bond acceptors (Lipinski definition) is 8. The van der Waals surface area contributed by atoms with Gasteiger partial charge in [-0.25, -0.2) is 9.59 Å². The van der Waals surface area contributed by atoms with Crippen LogP contribution in [0.2, 0.25) is 0 Å². The lowest BCUT2D eigenvalue weighted by molar-refractivity contribution is -0.142. The lowest BCUT2D eigenvalue weighted by Gasteiger charge is -2.19. The van der Waals surface area contributed by atoms with Crippen molar-refractivity contribution in [2.75, 3.05) is 5.75 Å². The fraction of sp³-hybridized carbons (Fsp3) is 0.356. The van der Waals surface area contributed by atoms with E-state index in [4.69, 9.17) is 13.6 Å². The monoisotopic (exact) mass is 736 g/mol. The van der Waals surface area contributed by atoms with Crippen LogP contribution < -0.4 is 16.0 Å². The molecule has 0 spiro atoms. The summed E-state index contributed by atoms with van der Waals surface area (Å²) in [5, 5.41) is 10.5. The van der Waals surface area contributed by atoms with Crippen molar-refractivity contribution in [1.82, 2.24) is 0 Å². The molecule has 5 rings (SSSR count). The number of carbonyl (C=O) groups excluding carboxylic acids is 1. The SMILES string of the molecule is CCCc1cc(OC(=O)C(C)(C)C)c(-c2c(C)cc(C)cc2C)c(=O)o1.Cc1ccc(SCCc2cc(O)c(-c3c(C)cc(C)cc3C)c(=O)o2)cc1. The maximum Gasteiger partial charge on any atom is 0.347 e. The maximum absolute atomic E-state index is 12.8. The minimum absolute atomic E-state index is 0.0170. The Morgan fingerprint density at radius 2 is 1.13 bits per heavy atom. The zero-order chi connectivity index (χ0) is 39.2. The minimum Gasteiger partial charge on any atom is -0.507 e. The molecule has 1 N–H and O–H groups in total. The molecule has 0 aliphatic heterocycles. The van der Waals surface area contributed by atoms with E-state index in [9.17, 15) is 19.5 Å². The summed E-state index contributed by atoms with van der Waals surface area (Å²) in [5.41, 5.74) is 7.75. The van der Waals surface area contributed by atoms with E-state index in [1.54, 1.807) is 44.7 Å². The number of aromatic hydroxyl groups is 1. The zero-order valence-electron chi connectivity index (χ0n) is 32.9. The highest BCUT2D eigenvalue weighted by atomic mass is 32.2. The first-order chi connectivity index (χ1) is 24.9. The van der Waals surface area contributed by atoms with Crippen LogP contribution in [-0.2, 0) is 17.6 Å². The van der Waals surface area contributed by atoms with Crippen LogP contribution in [0.1, 0.15) is 84.6 Å². The van der Waals surface area contributed by atoms with Crippen LogP contribution in [-0.4, -0.2) is 16.8 Å². The fourth-order valence-electron chi connectivity index (χ4n) is 6.38. The molecule has 0 amide bonds. The maximum atomic E-state index is 12.8. The van der Waals surface area contributed by atoms with Crippen molar-refractivity contribution in [2.24, 2.45) is 5.41 Å². The molecule has 0 unspecified atom stereocenters. The number of thioether (sulfide) groups is 1. The molecule has 7 nitrogen and oxygen atoms in total. The molecule has 2 heterocycles. The van der Waals surface area contributed by atoms with Gasteiger partial charge in [0.1, 0.15) is 34.1 Å². The van der Waals surface area contributed by atoms with Crippen LogP contribution in [0, 0.1) is 53.9 Å². The fourth-order valence-corrected chi connectivity index (χ4v) is 7.25. The van der Waals surface area contributed by atoms with Gasteiger partial charge in [-0.3, -0.25) is 4.79 Å². The summed E-state index contributed by atoms with van der Waals surface area (Å²) in [6.45, 7) is 21.2. The van der Waals surface area contributed by atoms with E-state index in [1.807, 2.05) is 72.7 Å². The molecule has 0 radical (unpaired) electrons. The standard InChI is InChI=1S/C23H24O3S.C22H28O4/c1-14-5-7-19(8-6-14)27-10-9-18-13-20(24)22(23(25)26-18)21-16(3)11-15(2)12-17(21)4;1-8-9-16-12-17(26-21(24)22(5,6)7)19(20(23)25-16)18-14(3)10-13(2)11-15(18)4/h5-8,11-13,24H,9-10H2,1-4H3;10-12H,8-9H2,1-7H3. The summed E-state index contributed by atoms with van der Waals surface area (Å²) < 4.78 is 16.7. The lowest BCUT2D eigenvalue weighted by Crippen LogP contribution is -2.26. The van der Waals surface area contributed by atoms with Gasteiger partial charge in [-0.15, -0.1) is 11.8 Å². The molecule has 53 heavy (non-hydrogen) atoms. The Morgan fingerprint density at radius 3 is 1.60 bits per heavy atom. The number of benzene rings is 3. The van der Waals surface area contributed by atoms with E-state index < -0.39 is 16.7 Å². The first-order valence-electron chi connectivity index (χ1n) is 18.0. The molecule has 280 valence electrons. The summed E-state index contributed by atoms with van der Waals surface area (Å²) in [6.07, 6.45) is 2.02. The largest absolute Gasteiger partial charge is 0.507 e. The second kappa shape index (κ2) is 17.3. The summed E-state index contributed by atoms with van der Waals surface area (Å²) in [7, 11) is 0. The van der Waals surface area contributed by atoms with Gasteiger partial charge >= 0.3 is 17.2 Å². The van der Waals surface area contributed by atoms with E-state index in [0.717, 1.165) is 56.7 Å². The molecule has 0 atom stereocenters. The van der Waals surface area contributed by atoms with Crippen molar-refractivity contribution in [3.63, 3.8) is 0 Å². The molecule has 0 saturated heterocycles. The van der Waals surface area contributed by atoms with Crippen molar-refractivity contribution < 1.29 is 23.5 Å². The van der Waals surface area contributed by atoms with Gasteiger partial charge in [-0.05, 0) is 121 Å². The smallest absolute Gasteiger partial charge is 0.347 e. The number of ether oxygens (including phenoxy) is 1. The molecule has 8 heteroatoms. The van der Waals surface area contributed by atoms with Gasteiger partial charge < -0.3 is 18.7 Å². The average molecular weight is 737 g/mol. The van der Waals surface area contributed by atoms with Crippen LogP contribution in [0.4, 0.5) is 0 Å². The van der Waals surface area contributed by atoms with E-state index >= 15 is 0 Å². The number of carbonyl (C=O) groups is 1. The number of hydrogen-bond donors (Lipinski definition) is 1. The Bertz CT molecular complexity index is 2170. The van der Waals surface area contributed by atoms with Crippen LogP contribution in [0.5, 0.6) is 11.5 Å². The Hall–Kier alpha value is -4.82. The second-order valence-electron chi connectivity index (χ2n) is 14.8. The summed E-state index contributed by atoms with van der Waals surface area (Å²) >= 11 is 1.70. The summed E-state index contributed by atoms with van der Waals surface area (Å²) in [6, 6.07) is 19.6. The van der Waals surface area contributed by atoms with E-state index in [2.05, 4.69) is 31.2 Å². The molecule has 0 aliphatic carbocycles. The van der Waals surface area contributed by atoms with Gasteiger partial charge in [0.05, 0.1) is 5.41 Å². The van der Waals surface area contributed by atoms with Gasteiger partial charge in [-0.1, -0.05) is 60.0 Å². The molecule has 0 aliphatic rings. The van der Waals surface area contributed by atoms with E-state index in [-0.39, 0.29) is 23.0 Å². The third-order valence-electron chi connectivity index (χ3n) is 8.75. The van der Waals surface area contributed by atoms with Gasteiger partial charge in [0, 0.05) is 35.6 Å². The quantitative estimate of drug-likeness (QED) is 0.118. The van der Waals surface area contributed by atoms with Crippen molar-refractivity contribution >= 4 is 17.7 Å². The third-order valence-corrected chi connectivity index (χ3v) is 9.77. The van der Waals surface area contributed by atoms with Gasteiger partial charge in [0.25, 0.3) is 0 Å². The highest BCUT2D eigenvalue weighted by molar-refractivity contribution is 7.99. The molecular weight excluding hydrogens is 685 g/mol. The van der Waals surface area contributed by atoms with Gasteiger partial charge in [-0.2, -0.15) is 0 Å². The van der Waals surface area contributed by atoms with Crippen LogP contribution >= 0.6 is 11.8 Å². The van der Waals surface area contributed by atoms with Crippen molar-refractivity contribution in [2.45, 2.75) is 100 Å². The van der Waals surface area contributed by atoms with Crippen LogP contribution in [0.25, 0.3) is 22.3 Å². The Balaban J connectivity index is 0.000000237. The van der Waals surface area contributed by atoms with Gasteiger partial charge in [0.15, 0.2) is 0 Å². The number of esters is 1. The lowest BCUT2D eigenvalue weighted by atomic mass is 9.93. The second-order valence-corrected chi connectivity index (χ2v) is 16.0. The number of aryl methyl sites for hydroxylation is 9. The molecule has 0 fully saturated rings. The summed E-state index contributed by atoms with van der Waals surface area (Å²) in [5.74, 6) is 1.68. The van der Waals surface area contributed by atoms with Crippen LogP contribution in [0.15, 0.2) is 84.0 Å². The first kappa shape index (κ1) is 40.9. The highest BCUT2D eigenvalue weighted by Gasteiger charge is 2.27. The molecule has 2 aromatic heterocycles. The summed E-state index contributed by atoms with van der Waals surface area (Å²) in [4.78, 5) is 39.0. The number of rotatable bonds is 9. The third kappa shape index (κ3) is 10.4. The predicted octanol–water partition coefficient (Wildman–Crippen LogP) is 10.7. The topological polar surface area (TPSA) is 107 Å². The Kier molecular flexibility index (Phi) is 13.4. The predicted molar refractivity (Wildman–Crippen MR) is 216 cm³/mol.